The lowest BCUT2D eigenvalue weighted by Crippen LogP contribution is -2.45. The van der Waals surface area contributed by atoms with Crippen molar-refractivity contribution in [2.24, 2.45) is 0 Å². The third-order valence-electron chi connectivity index (χ3n) is 4.03. The molecule has 0 unspecified atom stereocenters. The van der Waals surface area contributed by atoms with Crippen LogP contribution in [0.3, 0.4) is 0 Å². The highest BCUT2D eigenvalue weighted by Gasteiger charge is 2.22. The van der Waals surface area contributed by atoms with Gasteiger partial charge in [-0.3, -0.25) is 15.4 Å². The summed E-state index contributed by atoms with van der Waals surface area (Å²) < 4.78 is 30.8. The number of hydrogen-bond donors (Lipinski definition) is 2. The van der Waals surface area contributed by atoms with Crippen LogP contribution in [0.25, 0.3) is 0 Å². The average Bonchev–Trinajstić information content (AvgIpc) is 2.62. The predicted molar refractivity (Wildman–Crippen MR) is 98.1 cm³/mol. The molecule has 0 saturated carbocycles. The van der Waals surface area contributed by atoms with E-state index in [9.17, 15) is 18.0 Å². The lowest BCUT2D eigenvalue weighted by atomic mass is 10.1. The fraction of sp³-hybridized carbons (Fsp3) is 0.529. The van der Waals surface area contributed by atoms with Crippen LogP contribution >= 0.6 is 0 Å². The normalized spacial score (nSPS) is 13.9. The number of imide groups is 1. The number of carbonyl (C=O) groups is 2. The molecule has 0 aliphatic rings. The van der Waals surface area contributed by atoms with Crippen molar-refractivity contribution in [3.05, 3.63) is 29.8 Å². The van der Waals surface area contributed by atoms with Crippen molar-refractivity contribution in [1.29, 1.82) is 0 Å². The first-order valence-electron chi connectivity index (χ1n) is 8.42. The van der Waals surface area contributed by atoms with Gasteiger partial charge in [-0.1, -0.05) is 26.0 Å². The Balaban J connectivity index is 2.82. The zero-order valence-electron chi connectivity index (χ0n) is 15.8. The van der Waals surface area contributed by atoms with Crippen LogP contribution in [-0.2, 0) is 19.6 Å². The van der Waals surface area contributed by atoms with E-state index in [1.54, 1.807) is 45.0 Å². The van der Waals surface area contributed by atoms with Gasteiger partial charge in [0.2, 0.25) is 15.9 Å². The lowest BCUT2D eigenvalue weighted by Gasteiger charge is -2.21. The van der Waals surface area contributed by atoms with E-state index in [1.807, 2.05) is 6.92 Å². The maximum Gasteiger partial charge on any atom is 0.413 e. The molecule has 0 aromatic heterocycles. The van der Waals surface area contributed by atoms with Gasteiger partial charge in [0, 0.05) is 19.1 Å². The third-order valence-corrected chi connectivity index (χ3v) is 6.09. The highest BCUT2D eigenvalue weighted by molar-refractivity contribution is 7.89. The number of sulfonamides is 1. The Hall–Kier alpha value is -1.97. The molecule has 8 nitrogen and oxygen atoms in total. The summed E-state index contributed by atoms with van der Waals surface area (Å²) in [5.74, 6) is -0.510. The predicted octanol–water partition coefficient (Wildman–Crippen LogP) is 1.64. The first kappa shape index (κ1) is 22.1. The minimum atomic E-state index is -3.50. The monoisotopic (exact) mass is 385 g/mol. The topological polar surface area (TPSA) is 105 Å². The molecule has 1 rings (SSSR count). The molecular weight excluding hydrogens is 358 g/mol. The third kappa shape index (κ3) is 5.52. The second-order valence-corrected chi connectivity index (χ2v) is 7.69. The van der Waals surface area contributed by atoms with Crippen molar-refractivity contribution >= 4 is 22.0 Å². The summed E-state index contributed by atoms with van der Waals surface area (Å²) in [6, 6.07) is 5.67. The number of nitrogens with one attached hydrogen (secondary N) is 2. The largest absolute Gasteiger partial charge is 0.453 e. The molecule has 2 N–H and O–H groups in total. The number of alkyl carbamates (subject to hydrolysis) is 1. The van der Waals surface area contributed by atoms with Crippen molar-refractivity contribution in [3.8, 4) is 0 Å². The molecule has 0 aliphatic heterocycles. The van der Waals surface area contributed by atoms with Gasteiger partial charge < -0.3 is 4.74 Å². The summed E-state index contributed by atoms with van der Waals surface area (Å²) in [5.41, 5.74) is 0.821. The van der Waals surface area contributed by atoms with Crippen molar-refractivity contribution in [2.75, 3.05) is 20.2 Å². The second kappa shape index (κ2) is 9.65. The van der Waals surface area contributed by atoms with E-state index in [2.05, 4.69) is 15.4 Å². The number of rotatable bonds is 8. The highest BCUT2D eigenvalue weighted by Crippen LogP contribution is 2.19. The van der Waals surface area contributed by atoms with E-state index in [4.69, 9.17) is 0 Å². The number of amides is 2. The highest BCUT2D eigenvalue weighted by atomic mass is 32.2. The van der Waals surface area contributed by atoms with E-state index in [0.29, 0.717) is 13.1 Å². The second-order valence-electron chi connectivity index (χ2n) is 5.75. The molecule has 9 heteroatoms. The van der Waals surface area contributed by atoms with E-state index in [1.165, 1.54) is 11.4 Å². The minimum absolute atomic E-state index is 0.224. The Labute approximate surface area is 155 Å². The Kier molecular flexibility index (Phi) is 8.19. The first-order valence-corrected chi connectivity index (χ1v) is 9.86. The zero-order valence-corrected chi connectivity index (χ0v) is 16.6. The van der Waals surface area contributed by atoms with Crippen molar-refractivity contribution in [1.82, 2.24) is 14.9 Å². The Bertz CT molecular complexity index is 714. The summed E-state index contributed by atoms with van der Waals surface area (Å²) in [6.07, 6.45) is -0.817. The quantitative estimate of drug-likeness (QED) is 0.705. The lowest BCUT2D eigenvalue weighted by molar-refractivity contribution is -0.122. The van der Waals surface area contributed by atoms with Crippen LogP contribution < -0.4 is 10.6 Å². The Morgan fingerprint density at radius 1 is 1.12 bits per heavy atom. The summed E-state index contributed by atoms with van der Waals surface area (Å²) in [6.45, 7) is 7.87. The summed E-state index contributed by atoms with van der Waals surface area (Å²) >= 11 is 0. The molecule has 0 heterocycles. The van der Waals surface area contributed by atoms with Crippen LogP contribution in [0.15, 0.2) is 29.2 Å². The van der Waals surface area contributed by atoms with Crippen LogP contribution in [-0.4, -0.2) is 51.0 Å². The molecular formula is C17H27N3O5S. The average molecular weight is 385 g/mol. The number of hydrogen-bond acceptors (Lipinski definition) is 6. The van der Waals surface area contributed by atoms with Gasteiger partial charge in [-0.25, -0.2) is 13.2 Å². The van der Waals surface area contributed by atoms with Gasteiger partial charge >= 0.3 is 6.09 Å². The maximum atomic E-state index is 12.5. The van der Waals surface area contributed by atoms with Gasteiger partial charge in [0.25, 0.3) is 0 Å². The first-order chi connectivity index (χ1) is 12.2. The molecule has 26 heavy (non-hydrogen) atoms. The van der Waals surface area contributed by atoms with Gasteiger partial charge in [0.1, 0.15) is 0 Å². The van der Waals surface area contributed by atoms with Crippen LogP contribution in [0, 0.1) is 0 Å². The molecule has 0 fully saturated rings. The van der Waals surface area contributed by atoms with Crippen LogP contribution in [0.5, 0.6) is 0 Å². The van der Waals surface area contributed by atoms with Crippen molar-refractivity contribution < 1.29 is 22.7 Å². The fourth-order valence-electron chi connectivity index (χ4n) is 2.45. The number of ether oxygens (including phenoxy) is 1. The van der Waals surface area contributed by atoms with E-state index in [-0.39, 0.29) is 10.9 Å². The number of carbonyl (C=O) groups excluding carboxylic acids is 2. The molecule has 0 aliphatic carbocycles. The molecule has 146 valence electrons. The molecule has 0 saturated heterocycles. The van der Waals surface area contributed by atoms with Gasteiger partial charge in [0.15, 0.2) is 0 Å². The summed E-state index contributed by atoms with van der Waals surface area (Å²) in [4.78, 5) is 23.2. The summed E-state index contributed by atoms with van der Waals surface area (Å²) in [5, 5.41) is 5.14. The molecule has 2 atom stereocenters. The van der Waals surface area contributed by atoms with Gasteiger partial charge in [-0.05, 0) is 31.5 Å². The SMILES string of the molecule is CCN(CC)S(=O)(=O)c1ccc([C@H](C)N[C@@H](C)C(=O)NC(=O)OC)cc1. The molecule has 2 amide bonds. The zero-order chi connectivity index (χ0) is 19.9. The Morgan fingerprint density at radius 3 is 2.12 bits per heavy atom. The molecule has 1 aromatic carbocycles. The minimum Gasteiger partial charge on any atom is -0.453 e. The maximum absolute atomic E-state index is 12.5. The Morgan fingerprint density at radius 2 is 1.65 bits per heavy atom. The van der Waals surface area contributed by atoms with Crippen molar-refractivity contribution in [3.63, 3.8) is 0 Å². The number of methoxy groups -OCH3 is 1. The standard InChI is InChI=1S/C17H27N3O5S/c1-6-20(7-2)26(23,24)15-10-8-14(9-11-15)12(3)18-13(4)16(21)19-17(22)25-5/h8-13,18H,6-7H2,1-5H3,(H,19,21,22)/t12-,13-/m0/s1. The van der Waals surface area contributed by atoms with E-state index in [0.717, 1.165) is 5.56 Å². The molecule has 0 bridgehead atoms. The number of benzene rings is 1. The van der Waals surface area contributed by atoms with Crippen LogP contribution in [0.1, 0.15) is 39.3 Å². The van der Waals surface area contributed by atoms with Gasteiger partial charge in [0.05, 0.1) is 18.0 Å². The van der Waals surface area contributed by atoms with Gasteiger partial charge in [-0.2, -0.15) is 4.31 Å². The molecule has 0 radical (unpaired) electrons. The molecule has 0 spiro atoms. The number of nitrogens with zero attached hydrogens (tertiary/aromatic N) is 1. The summed E-state index contributed by atoms with van der Waals surface area (Å²) in [7, 11) is -2.32. The fourth-order valence-corrected chi connectivity index (χ4v) is 3.91. The van der Waals surface area contributed by atoms with E-state index >= 15 is 0 Å². The van der Waals surface area contributed by atoms with Crippen molar-refractivity contribution in [2.45, 2.75) is 44.7 Å². The van der Waals surface area contributed by atoms with Gasteiger partial charge in [-0.15, -0.1) is 0 Å². The van der Waals surface area contributed by atoms with E-state index < -0.39 is 28.1 Å². The van der Waals surface area contributed by atoms with Crippen LogP contribution in [0.2, 0.25) is 0 Å². The smallest absolute Gasteiger partial charge is 0.413 e. The molecule has 1 aromatic rings. The van der Waals surface area contributed by atoms with Crippen LogP contribution in [0.4, 0.5) is 4.79 Å².